The lowest BCUT2D eigenvalue weighted by Gasteiger charge is -2.34. The van der Waals surface area contributed by atoms with E-state index < -0.39 is 92.1 Å². The molecule has 1 N–H and O–H groups in total. The Bertz CT molecular complexity index is 2140. The van der Waals surface area contributed by atoms with Gasteiger partial charge in [-0.1, -0.05) is 38.1 Å². The maximum atomic E-state index is 14.9. The number of Topliss-reactive ketones (excluding diaryl/α,β-unsaturated/α-hetero) is 1. The molecule has 13 nitrogen and oxygen atoms in total. The van der Waals surface area contributed by atoms with Gasteiger partial charge < -0.3 is 14.4 Å². The zero-order chi connectivity index (χ0) is 42.5. The number of halogens is 2. The first-order valence-electron chi connectivity index (χ1n) is 20.4. The van der Waals surface area contributed by atoms with Gasteiger partial charge >= 0.3 is 5.97 Å². The van der Waals surface area contributed by atoms with Crippen LogP contribution in [0.2, 0.25) is 0 Å². The smallest absolute Gasteiger partial charge is 0.307 e. The van der Waals surface area contributed by atoms with Crippen LogP contribution in [0.5, 0.6) is 5.88 Å². The first-order chi connectivity index (χ1) is 27.0. The lowest BCUT2D eigenvalue weighted by molar-refractivity contribution is -0.197. The predicted octanol–water partition coefficient (Wildman–Crippen LogP) is 5.90. The Balaban J connectivity index is 1.38. The van der Waals surface area contributed by atoms with Crippen LogP contribution in [-0.2, 0) is 33.9 Å². The number of nitrogens with one attached hydrogen (secondary N) is 1. The normalized spacial score (nSPS) is 29.2. The van der Waals surface area contributed by atoms with Gasteiger partial charge in [0.15, 0.2) is 11.4 Å². The number of ether oxygens (including phenoxy) is 2. The highest BCUT2D eigenvalue weighted by atomic mass is 32.2. The fourth-order valence-corrected chi connectivity index (χ4v) is 9.74. The second-order valence-electron chi connectivity index (χ2n) is 18.0. The second kappa shape index (κ2) is 16.1. The van der Waals surface area contributed by atoms with E-state index in [2.05, 4.69) is 9.82 Å². The van der Waals surface area contributed by atoms with Crippen molar-refractivity contribution in [2.75, 3.05) is 6.54 Å². The molecule has 2 aliphatic carbocycles. The molecule has 3 heterocycles. The Hall–Kier alpha value is -4.21. The molecule has 0 spiro atoms. The first kappa shape index (κ1) is 43.4. The number of benzene rings is 1. The molecule has 2 aliphatic heterocycles. The van der Waals surface area contributed by atoms with E-state index in [1.54, 1.807) is 38.1 Å². The highest BCUT2D eigenvalue weighted by molar-refractivity contribution is 7.90. The second-order valence-corrected chi connectivity index (χ2v) is 19.9. The molecular formula is C42H56F2N4O9S. The van der Waals surface area contributed by atoms with Crippen molar-refractivity contribution in [2.45, 2.75) is 141 Å². The number of carbonyl (C=O) groups excluding carboxylic acids is 4. The van der Waals surface area contributed by atoms with Crippen molar-refractivity contribution in [1.29, 1.82) is 0 Å². The summed E-state index contributed by atoms with van der Waals surface area (Å²) in [5.74, 6) is -7.90. The molecule has 6 rings (SSSR count). The van der Waals surface area contributed by atoms with E-state index in [-0.39, 0.29) is 49.2 Å². The molecule has 2 amide bonds. The summed E-state index contributed by atoms with van der Waals surface area (Å²) in [5, 5.41) is 4.67. The number of hydrogen-bond donors (Lipinski definition) is 1. The third-order valence-electron chi connectivity index (χ3n) is 12.5. The molecule has 3 fully saturated rings. The van der Waals surface area contributed by atoms with E-state index in [1.807, 2.05) is 26.0 Å². The number of rotatable bonds is 10. The van der Waals surface area contributed by atoms with Crippen LogP contribution in [0.3, 0.4) is 0 Å². The van der Waals surface area contributed by atoms with Gasteiger partial charge in [-0.15, -0.1) is 5.10 Å². The maximum Gasteiger partial charge on any atom is 0.307 e. The summed E-state index contributed by atoms with van der Waals surface area (Å²) < 4.78 is 70.1. The number of amides is 2. The van der Waals surface area contributed by atoms with Gasteiger partial charge in [0.1, 0.15) is 6.10 Å². The van der Waals surface area contributed by atoms with Crippen molar-refractivity contribution in [2.24, 2.45) is 29.1 Å². The SMILES string of the molecule is CC(C)n1nc(O[C@@H]2C[C@H]3C(=O)C[C@]4(C(=O)NS(=O)(=O)C5CC5)C[C@H]4/C=C\CC[C@H](C)C[C@@H](C)[C@H](CC(=O)OC(C)(C)C(C)(F)F)C(=O)N3C2)c2ccccc2c1=O. The highest BCUT2D eigenvalue weighted by Crippen LogP contribution is 2.57. The molecule has 318 valence electrons. The zero-order valence-corrected chi connectivity index (χ0v) is 35.2. The third-order valence-corrected chi connectivity index (χ3v) is 14.4. The highest BCUT2D eigenvalue weighted by Gasteiger charge is 2.62. The molecule has 4 aliphatic rings. The summed E-state index contributed by atoms with van der Waals surface area (Å²) in [5.41, 5.74) is -3.83. The molecule has 7 atom stereocenters. The molecular weight excluding hydrogens is 775 g/mol. The number of sulfonamides is 1. The molecule has 1 saturated heterocycles. The molecule has 58 heavy (non-hydrogen) atoms. The largest absolute Gasteiger partial charge is 0.471 e. The van der Waals surface area contributed by atoms with E-state index in [0.717, 1.165) is 13.8 Å². The van der Waals surface area contributed by atoms with E-state index in [9.17, 15) is 41.2 Å². The van der Waals surface area contributed by atoms with E-state index in [0.29, 0.717) is 49.8 Å². The fraction of sp³-hybridized carbons (Fsp3) is 0.667. The number of allylic oxidation sites excluding steroid dienone is 2. The lowest BCUT2D eigenvalue weighted by Crippen LogP contribution is -2.48. The standard InChI is InChI=1S/C42H56F2N4O9S/c1-24(2)48-38(52)31-15-11-10-14-30(31)36(45-48)56-28-19-33-34(49)22-42(39(53)46-58(54,55)29-16-17-29)21-27(42)13-9-8-12-25(3)18-26(4)32(37(51)47(33)23-28)20-35(50)57-40(5,6)41(7,43)44/h9-11,13-15,24-29,32-33H,8,12,16-23H2,1-7H3,(H,46,53)/b13-9-/t25-,26+,27+,28+,32-,33-,42+/m0/s1. The van der Waals surface area contributed by atoms with E-state index in [1.165, 1.54) is 9.58 Å². The summed E-state index contributed by atoms with van der Waals surface area (Å²) in [6, 6.07) is 5.33. The van der Waals surface area contributed by atoms with Crippen LogP contribution in [0.1, 0.15) is 112 Å². The van der Waals surface area contributed by atoms with Crippen LogP contribution in [0, 0.1) is 29.1 Å². The molecule has 16 heteroatoms. The van der Waals surface area contributed by atoms with Crippen molar-refractivity contribution in [1.82, 2.24) is 19.4 Å². The van der Waals surface area contributed by atoms with Gasteiger partial charge in [0.25, 0.3) is 11.5 Å². The van der Waals surface area contributed by atoms with Crippen molar-refractivity contribution in [3.63, 3.8) is 0 Å². The molecule has 1 aromatic carbocycles. The van der Waals surface area contributed by atoms with Crippen molar-refractivity contribution in [3.05, 3.63) is 46.8 Å². The van der Waals surface area contributed by atoms with Crippen LogP contribution in [-0.4, -0.2) is 82.1 Å². The predicted molar refractivity (Wildman–Crippen MR) is 211 cm³/mol. The quantitative estimate of drug-likeness (QED) is 0.225. The number of ketones is 1. The van der Waals surface area contributed by atoms with Crippen LogP contribution in [0.25, 0.3) is 10.8 Å². The number of carbonyl (C=O) groups is 4. The fourth-order valence-electron chi connectivity index (χ4n) is 8.35. The number of hydrogen-bond acceptors (Lipinski definition) is 10. The Morgan fingerprint density at radius 2 is 1.71 bits per heavy atom. The molecule has 0 bridgehead atoms. The van der Waals surface area contributed by atoms with Gasteiger partial charge in [-0.05, 0) is 96.1 Å². The Labute approximate surface area is 338 Å². The van der Waals surface area contributed by atoms with Gasteiger partial charge in [0, 0.05) is 19.8 Å². The topological polar surface area (TPSA) is 171 Å². The van der Waals surface area contributed by atoms with Gasteiger partial charge in [0.05, 0.1) is 52.4 Å². The average molecular weight is 831 g/mol. The van der Waals surface area contributed by atoms with Crippen molar-refractivity contribution in [3.8, 4) is 5.88 Å². The summed E-state index contributed by atoms with van der Waals surface area (Å²) >= 11 is 0. The van der Waals surface area contributed by atoms with Gasteiger partial charge in [0.2, 0.25) is 27.7 Å². The van der Waals surface area contributed by atoms with Crippen molar-refractivity contribution >= 4 is 44.4 Å². The maximum absolute atomic E-state index is 14.9. The summed E-state index contributed by atoms with van der Waals surface area (Å²) in [4.78, 5) is 71.5. The molecule has 2 aromatic rings. The first-order valence-corrected chi connectivity index (χ1v) is 21.9. The minimum absolute atomic E-state index is 0.0308. The molecule has 0 radical (unpaired) electrons. The Kier molecular flexibility index (Phi) is 12.0. The van der Waals surface area contributed by atoms with Gasteiger partial charge in [-0.2, -0.15) is 0 Å². The summed E-state index contributed by atoms with van der Waals surface area (Å²) in [6.45, 7) is 10.2. The number of fused-ring (bicyclic) bond motifs is 3. The van der Waals surface area contributed by atoms with Crippen molar-refractivity contribution < 1.29 is 45.9 Å². The van der Waals surface area contributed by atoms with E-state index >= 15 is 0 Å². The summed E-state index contributed by atoms with van der Waals surface area (Å²) in [6.07, 6.45) is 5.03. The van der Waals surface area contributed by atoms with Crippen LogP contribution in [0.4, 0.5) is 8.78 Å². The molecule has 0 unspecified atom stereocenters. The average Bonchev–Trinajstić information content (AvgIpc) is 4.06. The number of alkyl halides is 2. The van der Waals surface area contributed by atoms with Crippen LogP contribution in [0.15, 0.2) is 41.2 Å². The van der Waals surface area contributed by atoms with Gasteiger partial charge in [-0.25, -0.2) is 21.9 Å². The number of esters is 1. The van der Waals surface area contributed by atoms with E-state index in [4.69, 9.17) is 9.47 Å². The minimum Gasteiger partial charge on any atom is -0.471 e. The zero-order valence-electron chi connectivity index (χ0n) is 34.3. The summed E-state index contributed by atoms with van der Waals surface area (Å²) in [7, 11) is -3.93. The Morgan fingerprint density at radius 1 is 1.03 bits per heavy atom. The third kappa shape index (κ3) is 9.01. The van der Waals surface area contributed by atoms with Gasteiger partial charge in [-0.3, -0.25) is 28.7 Å². The molecule has 2 saturated carbocycles. The monoisotopic (exact) mass is 830 g/mol. The Morgan fingerprint density at radius 3 is 2.34 bits per heavy atom. The minimum atomic E-state index is -3.93. The molecule has 1 aromatic heterocycles. The lowest BCUT2D eigenvalue weighted by atomic mass is 9.82. The number of nitrogens with zero attached hydrogens (tertiary/aromatic N) is 3. The van der Waals surface area contributed by atoms with Crippen LogP contribution >= 0.6 is 0 Å². The number of aromatic nitrogens is 2. The van der Waals surface area contributed by atoms with Crippen LogP contribution < -0.4 is 15.0 Å².